The zero-order valence-corrected chi connectivity index (χ0v) is 36.4. The van der Waals surface area contributed by atoms with Crippen molar-refractivity contribution in [3.63, 3.8) is 0 Å². The number of hydrogen-bond donors (Lipinski definition) is 4. The molecule has 8 heteroatoms. The van der Waals surface area contributed by atoms with E-state index in [9.17, 15) is 9.59 Å². The number of aliphatic hydroxyl groups is 1. The van der Waals surface area contributed by atoms with Crippen molar-refractivity contribution in [3.8, 4) is 0 Å². The first kappa shape index (κ1) is 70.6. The first-order valence-electron chi connectivity index (χ1n) is 18.6. The molecular weight excluding hydrogens is 696 g/mol. The predicted molar refractivity (Wildman–Crippen MR) is 213 cm³/mol. The monoisotopic (exact) mass is 787 g/mol. The summed E-state index contributed by atoms with van der Waals surface area (Å²) >= 11 is 0. The quantitative estimate of drug-likeness (QED) is 0.0886. The number of rotatable bonds is 12. The van der Waals surface area contributed by atoms with Gasteiger partial charge in [-0.3, -0.25) is 9.59 Å². The van der Waals surface area contributed by atoms with Crippen LogP contribution in [0.1, 0.15) is 194 Å². The average Bonchev–Trinajstić information content (AvgIpc) is 3.87. The molecule has 0 aliphatic heterocycles. The average molecular weight is 787 g/mol. The van der Waals surface area contributed by atoms with Crippen LogP contribution in [-0.4, -0.2) is 42.2 Å². The van der Waals surface area contributed by atoms with E-state index in [1.165, 1.54) is 122 Å². The second kappa shape index (κ2) is 63.1. The van der Waals surface area contributed by atoms with Crippen LogP contribution in [0.5, 0.6) is 0 Å². The minimum absolute atomic E-state index is 0. The number of carbonyl (C=O) groups excluding carboxylic acids is 1. The summed E-state index contributed by atoms with van der Waals surface area (Å²) in [5.74, 6) is 1.05. The smallest absolute Gasteiger partial charge is 0.481 e. The van der Waals surface area contributed by atoms with E-state index >= 15 is 0 Å². The largest absolute Gasteiger partial charge is 2.00 e. The van der Waals surface area contributed by atoms with Crippen molar-refractivity contribution in [1.29, 1.82) is 0 Å². The van der Waals surface area contributed by atoms with Crippen molar-refractivity contribution < 1.29 is 53.9 Å². The minimum Gasteiger partial charge on any atom is -0.481 e. The molecule has 4 fully saturated rings. The first-order chi connectivity index (χ1) is 21.0. The van der Waals surface area contributed by atoms with Gasteiger partial charge in [0.2, 0.25) is 0 Å². The summed E-state index contributed by atoms with van der Waals surface area (Å²) in [4.78, 5) is 21.7. The van der Waals surface area contributed by atoms with E-state index in [1.54, 1.807) is 0 Å². The van der Waals surface area contributed by atoms with E-state index in [1.807, 2.05) is 13.8 Å². The first-order valence-corrected chi connectivity index (χ1v) is 18.6. The number of aliphatic hydroxyl groups excluding tert-OH is 1. The van der Waals surface area contributed by atoms with Crippen molar-refractivity contribution in [1.82, 2.24) is 0 Å². The molecule has 0 atom stereocenters. The molecule has 4 saturated carbocycles. The summed E-state index contributed by atoms with van der Waals surface area (Å²) in [6.07, 6.45) is 34.0. The molecule has 0 aromatic rings. The van der Waals surface area contributed by atoms with Crippen LogP contribution < -0.4 is 11.5 Å². The number of aliphatic carboxylic acids is 1. The van der Waals surface area contributed by atoms with E-state index in [0.29, 0.717) is 18.1 Å². The summed E-state index contributed by atoms with van der Waals surface area (Å²) < 4.78 is 0. The SMILES string of the molecule is C1CCCC1.C1CCCC1.CC.CCCCCN.CO.NCCCCCC(=O)CC1CCCC1.O=C(O)CC1CCCC1.[CH3-].[CH3-].[CH3-].[CH3-].[Fe+2].[Fe+2]. The van der Waals surface area contributed by atoms with E-state index in [0.717, 1.165) is 71.1 Å². The second-order valence-corrected chi connectivity index (χ2v) is 12.3. The summed E-state index contributed by atoms with van der Waals surface area (Å²) in [6, 6.07) is 0. The molecule has 0 heterocycles. The molecule has 0 aromatic heterocycles. The zero-order chi connectivity index (χ0) is 32.8. The molecule has 49 heavy (non-hydrogen) atoms. The molecule has 6 N–H and O–H groups in total. The van der Waals surface area contributed by atoms with E-state index in [4.69, 9.17) is 21.7 Å². The Hall–Kier alpha value is 0.0590. The molecule has 0 saturated heterocycles. The van der Waals surface area contributed by atoms with Gasteiger partial charge in [0.05, 0.1) is 0 Å². The molecule has 0 aromatic carbocycles. The zero-order valence-electron chi connectivity index (χ0n) is 34.2. The minimum atomic E-state index is -0.637. The van der Waals surface area contributed by atoms with Gasteiger partial charge in [-0.05, 0) is 57.0 Å². The Kier molecular flexibility index (Phi) is 91.0. The van der Waals surface area contributed by atoms with E-state index < -0.39 is 5.97 Å². The molecule has 0 amide bonds. The van der Waals surface area contributed by atoms with Crippen molar-refractivity contribution in [3.05, 3.63) is 29.7 Å². The van der Waals surface area contributed by atoms with Gasteiger partial charge in [0, 0.05) is 26.4 Å². The maximum atomic E-state index is 11.5. The van der Waals surface area contributed by atoms with Gasteiger partial charge in [0.25, 0.3) is 0 Å². The normalized spacial score (nSPS) is 15.0. The van der Waals surface area contributed by atoms with Crippen LogP contribution in [0.3, 0.4) is 0 Å². The number of nitrogens with two attached hydrogens (primary N) is 2. The Bertz CT molecular complexity index is 508. The van der Waals surface area contributed by atoms with Gasteiger partial charge in [-0.1, -0.05) is 143 Å². The Morgan fingerprint density at radius 1 is 0.531 bits per heavy atom. The molecule has 0 bridgehead atoms. The Morgan fingerprint density at radius 3 is 1.10 bits per heavy atom. The number of unbranched alkanes of at least 4 members (excludes halogenated alkanes) is 4. The number of carbonyl (C=O) groups is 2. The molecule has 4 aliphatic carbocycles. The Morgan fingerprint density at radius 2 is 0.837 bits per heavy atom. The van der Waals surface area contributed by atoms with Crippen molar-refractivity contribution in [2.24, 2.45) is 23.3 Å². The number of Topliss-reactive ketones (excluding diaryl/α,β-unsaturated/α-hetero) is 1. The topological polar surface area (TPSA) is 127 Å². The Labute approximate surface area is 331 Å². The number of carboxylic acids is 1. The third-order valence-corrected chi connectivity index (χ3v) is 8.40. The summed E-state index contributed by atoms with van der Waals surface area (Å²) in [7, 11) is 1.00. The van der Waals surface area contributed by atoms with Crippen LogP contribution in [0, 0.1) is 41.5 Å². The van der Waals surface area contributed by atoms with Gasteiger partial charge < -0.3 is 51.4 Å². The maximum absolute atomic E-state index is 11.5. The molecular formula is C41H90Fe2N2O4. The molecule has 4 rings (SSSR count). The van der Waals surface area contributed by atoms with Crippen LogP contribution in [0.4, 0.5) is 0 Å². The Balaban J connectivity index is -0.0000000578. The number of hydrogen-bond acceptors (Lipinski definition) is 5. The number of carboxylic acid groups (broad SMARTS) is 1. The summed E-state index contributed by atoms with van der Waals surface area (Å²) in [5, 5.41) is 15.4. The maximum Gasteiger partial charge on any atom is 2.00 e. The molecule has 0 radical (unpaired) electrons. The fraction of sp³-hybridized carbons (Fsp3) is 0.854. The van der Waals surface area contributed by atoms with Crippen LogP contribution >= 0.6 is 0 Å². The van der Waals surface area contributed by atoms with Gasteiger partial charge in [-0.2, -0.15) is 0 Å². The molecule has 304 valence electrons. The summed E-state index contributed by atoms with van der Waals surface area (Å²) in [6.45, 7) is 7.79. The molecule has 0 unspecified atom stereocenters. The van der Waals surface area contributed by atoms with Crippen molar-refractivity contribution >= 4 is 11.8 Å². The van der Waals surface area contributed by atoms with Gasteiger partial charge in [0.15, 0.2) is 0 Å². The molecule has 4 aliphatic rings. The van der Waals surface area contributed by atoms with Crippen LogP contribution in [-0.2, 0) is 43.7 Å². The molecule has 6 nitrogen and oxygen atoms in total. The fourth-order valence-electron chi connectivity index (χ4n) is 5.91. The van der Waals surface area contributed by atoms with E-state index in [2.05, 4.69) is 6.92 Å². The standard InChI is InChI=1S/C12H23NO.C7H12O2.C5H13N.2C5H10.C2H6.CH4O.4CH3.2Fe/c13-9-5-1-2-8-12(14)10-11-6-3-4-7-11;8-7(9)5-6-3-1-2-4-6;1-2-3-4-5-6;2*1-2-4-5-3-1;2*1-2;;;;;;/h11H,1-10,13H2;6H,1-5H2,(H,8,9);2-6H2,1H3;2*1-5H2;1-2H3;2H,1H3;4*1H3;;/q;;;;;;;4*-1;2*+2. The molecule has 0 spiro atoms. The third-order valence-electron chi connectivity index (χ3n) is 8.40. The second-order valence-electron chi connectivity index (χ2n) is 12.3. The van der Waals surface area contributed by atoms with Crippen LogP contribution in [0.15, 0.2) is 0 Å². The van der Waals surface area contributed by atoms with Crippen molar-refractivity contribution in [2.75, 3.05) is 20.2 Å². The van der Waals surface area contributed by atoms with Gasteiger partial charge in [-0.15, -0.1) is 0 Å². The van der Waals surface area contributed by atoms with E-state index in [-0.39, 0.29) is 63.8 Å². The van der Waals surface area contributed by atoms with Gasteiger partial charge >= 0.3 is 40.1 Å². The third kappa shape index (κ3) is 60.5. The van der Waals surface area contributed by atoms with Crippen LogP contribution in [0.25, 0.3) is 0 Å². The van der Waals surface area contributed by atoms with Gasteiger partial charge in [0.1, 0.15) is 5.78 Å². The summed E-state index contributed by atoms with van der Waals surface area (Å²) in [5.41, 5.74) is 10.6. The van der Waals surface area contributed by atoms with Gasteiger partial charge in [-0.25, -0.2) is 0 Å². The van der Waals surface area contributed by atoms with Crippen LogP contribution in [0.2, 0.25) is 0 Å². The fourth-order valence-corrected chi connectivity index (χ4v) is 5.91. The predicted octanol–water partition coefficient (Wildman–Crippen LogP) is 11.8. The number of ketones is 1. The van der Waals surface area contributed by atoms with Crippen molar-refractivity contribution in [2.45, 2.75) is 194 Å².